The van der Waals surface area contributed by atoms with Crippen LogP contribution >= 0.6 is 11.8 Å². The van der Waals surface area contributed by atoms with E-state index in [1.165, 1.54) is 11.8 Å². The van der Waals surface area contributed by atoms with Crippen molar-refractivity contribution in [3.63, 3.8) is 0 Å². The van der Waals surface area contributed by atoms with Gasteiger partial charge >= 0.3 is 0 Å². The van der Waals surface area contributed by atoms with Crippen molar-refractivity contribution in [2.75, 3.05) is 6.61 Å². The monoisotopic (exact) mass is 338 g/mol. The van der Waals surface area contributed by atoms with E-state index < -0.39 is 0 Å². The van der Waals surface area contributed by atoms with Gasteiger partial charge in [0, 0.05) is 0 Å². The van der Waals surface area contributed by atoms with E-state index in [1.54, 1.807) is 0 Å². The molecule has 1 saturated heterocycles. The quantitative estimate of drug-likeness (QED) is 0.846. The molecule has 0 unspecified atom stereocenters. The Kier molecular flexibility index (Phi) is 5.01. The molecule has 1 N–H and O–H groups in total. The normalized spacial score (nSPS) is 17.3. The summed E-state index contributed by atoms with van der Waals surface area (Å²) in [6.45, 7) is 4.60. The summed E-state index contributed by atoms with van der Waals surface area (Å²) < 4.78 is 5.42. The van der Waals surface area contributed by atoms with Crippen LogP contribution in [0.4, 0.5) is 5.69 Å². The molecule has 0 spiro atoms. The molecule has 1 aliphatic rings. The van der Waals surface area contributed by atoms with Crippen molar-refractivity contribution < 1.29 is 9.53 Å². The standard InChI is InChI=1S/C19H18N2O2S/c1-3-23-16-9-7-14(8-10-16)12-17-18(22)21-19(24-17)20-15-6-4-5-13(2)11-15/h4-12H,3H2,1-2H3,(H,20,21,22). The molecule has 1 fully saturated rings. The molecule has 4 nitrogen and oxygen atoms in total. The van der Waals surface area contributed by atoms with Gasteiger partial charge in [0.15, 0.2) is 5.17 Å². The molecular formula is C19H18N2O2S. The number of hydrogen-bond acceptors (Lipinski definition) is 4. The number of ether oxygens (including phenoxy) is 1. The van der Waals surface area contributed by atoms with Crippen molar-refractivity contribution in [3.8, 4) is 5.75 Å². The SMILES string of the molecule is CCOc1ccc(C=C2SC(=Nc3cccc(C)c3)NC2=O)cc1. The lowest BCUT2D eigenvalue weighted by atomic mass is 10.2. The fourth-order valence-corrected chi connectivity index (χ4v) is 3.12. The summed E-state index contributed by atoms with van der Waals surface area (Å²) in [5, 5.41) is 3.40. The minimum absolute atomic E-state index is 0.125. The minimum Gasteiger partial charge on any atom is -0.494 e. The van der Waals surface area contributed by atoms with Crippen LogP contribution < -0.4 is 10.1 Å². The number of aryl methyl sites for hydroxylation is 1. The zero-order chi connectivity index (χ0) is 16.9. The third-order valence-corrected chi connectivity index (χ3v) is 4.28. The Hall–Kier alpha value is -2.53. The first-order valence-corrected chi connectivity index (χ1v) is 8.55. The number of hydrogen-bond donors (Lipinski definition) is 1. The van der Waals surface area contributed by atoms with Crippen LogP contribution in [0.3, 0.4) is 0 Å². The highest BCUT2D eigenvalue weighted by Crippen LogP contribution is 2.28. The van der Waals surface area contributed by atoms with E-state index in [0.29, 0.717) is 16.7 Å². The van der Waals surface area contributed by atoms with Crippen molar-refractivity contribution in [1.29, 1.82) is 0 Å². The van der Waals surface area contributed by atoms with E-state index in [9.17, 15) is 4.79 Å². The third kappa shape index (κ3) is 4.06. The van der Waals surface area contributed by atoms with Crippen molar-refractivity contribution in [3.05, 3.63) is 64.6 Å². The van der Waals surface area contributed by atoms with Gasteiger partial charge in [0.1, 0.15) is 5.75 Å². The predicted molar refractivity (Wildman–Crippen MR) is 99.6 cm³/mol. The summed E-state index contributed by atoms with van der Waals surface area (Å²) in [7, 11) is 0. The number of amidine groups is 1. The molecule has 2 aromatic carbocycles. The lowest BCUT2D eigenvalue weighted by Gasteiger charge is -2.02. The molecule has 0 atom stereocenters. The Morgan fingerprint density at radius 3 is 2.71 bits per heavy atom. The van der Waals surface area contributed by atoms with E-state index in [2.05, 4.69) is 10.3 Å². The van der Waals surface area contributed by atoms with Crippen LogP contribution in [0.25, 0.3) is 6.08 Å². The summed E-state index contributed by atoms with van der Waals surface area (Å²) in [5.41, 5.74) is 2.92. The van der Waals surface area contributed by atoms with Gasteiger partial charge in [-0.2, -0.15) is 0 Å². The number of thioether (sulfide) groups is 1. The van der Waals surface area contributed by atoms with E-state index in [1.807, 2.05) is 68.5 Å². The molecule has 24 heavy (non-hydrogen) atoms. The average molecular weight is 338 g/mol. The molecule has 3 rings (SSSR count). The van der Waals surface area contributed by atoms with Crippen LogP contribution in [0.2, 0.25) is 0 Å². The highest BCUT2D eigenvalue weighted by molar-refractivity contribution is 8.18. The number of amides is 1. The van der Waals surface area contributed by atoms with Crippen LogP contribution in [-0.4, -0.2) is 17.7 Å². The number of carbonyl (C=O) groups excluding carboxylic acids is 1. The van der Waals surface area contributed by atoms with Gasteiger partial charge in [-0.3, -0.25) is 4.79 Å². The summed E-state index contributed by atoms with van der Waals surface area (Å²) in [5.74, 6) is 0.699. The Labute approximate surface area is 145 Å². The van der Waals surface area contributed by atoms with Gasteiger partial charge < -0.3 is 10.1 Å². The maximum Gasteiger partial charge on any atom is 0.264 e. The zero-order valence-electron chi connectivity index (χ0n) is 13.6. The van der Waals surface area contributed by atoms with Gasteiger partial charge in [-0.15, -0.1) is 0 Å². The Bertz CT molecular complexity index is 810. The lowest BCUT2D eigenvalue weighted by molar-refractivity contribution is -0.115. The Morgan fingerprint density at radius 2 is 2.00 bits per heavy atom. The molecule has 1 heterocycles. The van der Waals surface area contributed by atoms with E-state index in [4.69, 9.17) is 4.74 Å². The molecule has 122 valence electrons. The molecule has 5 heteroatoms. The first-order valence-electron chi connectivity index (χ1n) is 7.73. The fourth-order valence-electron chi connectivity index (χ4n) is 2.27. The molecule has 1 aliphatic heterocycles. The average Bonchev–Trinajstić information content (AvgIpc) is 2.89. The van der Waals surface area contributed by atoms with Crippen molar-refractivity contribution in [2.45, 2.75) is 13.8 Å². The second-order valence-electron chi connectivity index (χ2n) is 5.32. The van der Waals surface area contributed by atoms with Crippen molar-refractivity contribution in [2.24, 2.45) is 4.99 Å². The number of nitrogens with one attached hydrogen (secondary N) is 1. The van der Waals surface area contributed by atoms with Crippen LogP contribution in [0.5, 0.6) is 5.75 Å². The first kappa shape index (κ1) is 16.3. The second kappa shape index (κ2) is 7.36. The number of aliphatic imine (C=N–C) groups is 1. The van der Waals surface area contributed by atoms with Crippen molar-refractivity contribution >= 4 is 34.6 Å². The Balaban J connectivity index is 1.76. The summed E-state index contributed by atoms with van der Waals surface area (Å²) in [4.78, 5) is 17.2. The maximum absolute atomic E-state index is 12.1. The van der Waals surface area contributed by atoms with E-state index >= 15 is 0 Å². The number of nitrogens with zero attached hydrogens (tertiary/aromatic N) is 1. The zero-order valence-corrected chi connectivity index (χ0v) is 14.4. The molecule has 0 aliphatic carbocycles. The molecule has 0 saturated carbocycles. The minimum atomic E-state index is -0.125. The summed E-state index contributed by atoms with van der Waals surface area (Å²) in [6, 6.07) is 15.5. The summed E-state index contributed by atoms with van der Waals surface area (Å²) in [6.07, 6.45) is 1.86. The molecular weight excluding hydrogens is 320 g/mol. The smallest absolute Gasteiger partial charge is 0.264 e. The van der Waals surface area contributed by atoms with Gasteiger partial charge in [0.05, 0.1) is 17.2 Å². The molecule has 1 amide bonds. The van der Waals surface area contributed by atoms with Crippen LogP contribution in [0.1, 0.15) is 18.1 Å². The fraction of sp³-hybridized carbons (Fsp3) is 0.158. The topological polar surface area (TPSA) is 50.7 Å². The van der Waals surface area contributed by atoms with Gasteiger partial charge in [0.25, 0.3) is 5.91 Å². The van der Waals surface area contributed by atoms with Gasteiger partial charge in [-0.05, 0) is 67.1 Å². The van der Waals surface area contributed by atoms with E-state index in [-0.39, 0.29) is 5.91 Å². The van der Waals surface area contributed by atoms with E-state index in [0.717, 1.165) is 22.6 Å². The summed E-state index contributed by atoms with van der Waals surface area (Å²) >= 11 is 1.35. The molecule has 0 bridgehead atoms. The van der Waals surface area contributed by atoms with Gasteiger partial charge in [-0.25, -0.2) is 4.99 Å². The molecule has 2 aromatic rings. The van der Waals surface area contributed by atoms with Gasteiger partial charge in [-0.1, -0.05) is 24.3 Å². The first-order chi connectivity index (χ1) is 11.6. The third-order valence-electron chi connectivity index (χ3n) is 3.37. The van der Waals surface area contributed by atoms with Crippen LogP contribution in [0.15, 0.2) is 58.4 Å². The largest absolute Gasteiger partial charge is 0.494 e. The predicted octanol–water partition coefficient (Wildman–Crippen LogP) is 4.29. The second-order valence-corrected chi connectivity index (χ2v) is 6.35. The molecule has 0 aromatic heterocycles. The number of rotatable bonds is 4. The van der Waals surface area contributed by atoms with Gasteiger partial charge in [0.2, 0.25) is 0 Å². The maximum atomic E-state index is 12.1. The highest BCUT2D eigenvalue weighted by atomic mass is 32.2. The Morgan fingerprint density at radius 1 is 1.21 bits per heavy atom. The molecule has 0 radical (unpaired) electrons. The van der Waals surface area contributed by atoms with Crippen LogP contribution in [0, 0.1) is 6.92 Å². The van der Waals surface area contributed by atoms with Crippen LogP contribution in [-0.2, 0) is 4.79 Å². The lowest BCUT2D eigenvalue weighted by Crippen LogP contribution is -2.19. The highest BCUT2D eigenvalue weighted by Gasteiger charge is 2.23. The number of benzene rings is 2. The van der Waals surface area contributed by atoms with Crippen molar-refractivity contribution in [1.82, 2.24) is 5.32 Å². The number of carbonyl (C=O) groups is 1.